The van der Waals surface area contributed by atoms with Crippen molar-refractivity contribution >= 4 is 47.8 Å². The van der Waals surface area contributed by atoms with Gasteiger partial charge in [0, 0.05) is 8.95 Å². The molecule has 0 saturated carbocycles. The molecule has 0 fully saturated rings. The van der Waals surface area contributed by atoms with Crippen molar-refractivity contribution in [3.05, 3.63) is 67.3 Å². The van der Waals surface area contributed by atoms with Gasteiger partial charge in [-0.3, -0.25) is 0 Å². The van der Waals surface area contributed by atoms with Gasteiger partial charge in [0.25, 0.3) is 0 Å². The number of hydrogen-bond acceptors (Lipinski definition) is 0. The molecule has 0 N–H and O–H groups in total. The molecule has 4 heteroatoms. The van der Waals surface area contributed by atoms with Gasteiger partial charge in [-0.2, -0.15) is 0 Å². The highest BCUT2D eigenvalue weighted by Gasteiger charge is 2.16. The molecule has 1 unspecified atom stereocenters. The van der Waals surface area contributed by atoms with E-state index in [-0.39, 0.29) is 10.6 Å². The standard InChI is InChI=1S/C15H12Br3F/c1-8-5-10(6-9(2)15(8)19)14(18)12-4-3-11(16)7-13(12)17/h3-7,14H,1-2H3. The molecule has 1 atom stereocenters. The zero-order valence-corrected chi connectivity index (χ0v) is 15.2. The molecule has 19 heavy (non-hydrogen) atoms. The molecule has 2 aromatic rings. The van der Waals surface area contributed by atoms with Gasteiger partial charge in [0.05, 0.1) is 4.83 Å². The van der Waals surface area contributed by atoms with Crippen LogP contribution in [-0.4, -0.2) is 0 Å². The second-order valence-electron chi connectivity index (χ2n) is 4.50. The Kier molecular flexibility index (Phi) is 4.85. The number of alkyl halides is 1. The van der Waals surface area contributed by atoms with Crippen LogP contribution in [0.4, 0.5) is 4.39 Å². The van der Waals surface area contributed by atoms with Crippen LogP contribution in [-0.2, 0) is 0 Å². The van der Waals surface area contributed by atoms with E-state index in [9.17, 15) is 4.39 Å². The molecular formula is C15H12Br3F. The van der Waals surface area contributed by atoms with Gasteiger partial charge in [-0.15, -0.1) is 0 Å². The zero-order chi connectivity index (χ0) is 14.2. The topological polar surface area (TPSA) is 0 Å². The average Bonchev–Trinajstić information content (AvgIpc) is 2.34. The predicted octanol–water partition coefficient (Wildman–Crippen LogP) is 6.45. The lowest BCUT2D eigenvalue weighted by molar-refractivity contribution is 0.608. The summed E-state index contributed by atoms with van der Waals surface area (Å²) in [6.45, 7) is 3.59. The smallest absolute Gasteiger partial charge is 0.129 e. The lowest BCUT2D eigenvalue weighted by atomic mass is 10.00. The third-order valence-electron chi connectivity index (χ3n) is 2.99. The normalized spacial score (nSPS) is 12.5. The van der Waals surface area contributed by atoms with Crippen LogP contribution in [0, 0.1) is 19.7 Å². The van der Waals surface area contributed by atoms with Gasteiger partial charge in [-0.25, -0.2) is 4.39 Å². The van der Waals surface area contributed by atoms with Crippen molar-refractivity contribution in [1.82, 2.24) is 0 Å². The number of benzene rings is 2. The van der Waals surface area contributed by atoms with Crippen LogP contribution >= 0.6 is 47.8 Å². The second-order valence-corrected chi connectivity index (χ2v) is 7.18. The van der Waals surface area contributed by atoms with Crippen molar-refractivity contribution in [2.75, 3.05) is 0 Å². The number of rotatable bonds is 2. The van der Waals surface area contributed by atoms with Crippen LogP contribution < -0.4 is 0 Å². The minimum Gasteiger partial charge on any atom is -0.206 e. The summed E-state index contributed by atoms with van der Waals surface area (Å²) < 4.78 is 15.7. The Labute approximate surface area is 137 Å². The minimum atomic E-state index is -0.127. The molecule has 0 aliphatic carbocycles. The Hall–Kier alpha value is -0.190. The Balaban J connectivity index is 2.47. The van der Waals surface area contributed by atoms with Gasteiger partial charge in [-0.1, -0.05) is 66.0 Å². The van der Waals surface area contributed by atoms with Gasteiger partial charge in [0.15, 0.2) is 0 Å². The number of hydrogen-bond donors (Lipinski definition) is 0. The van der Waals surface area contributed by atoms with Crippen LogP contribution in [0.15, 0.2) is 39.3 Å². The Bertz CT molecular complexity index is 600. The van der Waals surface area contributed by atoms with Crippen LogP contribution in [0.25, 0.3) is 0 Å². The summed E-state index contributed by atoms with van der Waals surface area (Å²) in [5.41, 5.74) is 3.52. The van der Waals surface area contributed by atoms with E-state index < -0.39 is 0 Å². The molecule has 0 aliphatic heterocycles. The van der Waals surface area contributed by atoms with Gasteiger partial charge in [0.1, 0.15) is 5.82 Å². The van der Waals surface area contributed by atoms with Gasteiger partial charge < -0.3 is 0 Å². The van der Waals surface area contributed by atoms with E-state index in [0.717, 1.165) is 20.1 Å². The van der Waals surface area contributed by atoms with Crippen molar-refractivity contribution in [1.29, 1.82) is 0 Å². The van der Waals surface area contributed by atoms with Gasteiger partial charge >= 0.3 is 0 Å². The van der Waals surface area contributed by atoms with Crippen molar-refractivity contribution in [2.45, 2.75) is 18.7 Å². The quantitative estimate of drug-likeness (QED) is 0.461. The summed E-state index contributed by atoms with van der Waals surface area (Å²) in [7, 11) is 0. The van der Waals surface area contributed by atoms with Crippen LogP contribution in [0.2, 0.25) is 0 Å². The predicted molar refractivity (Wildman–Crippen MR) is 88.5 cm³/mol. The Morgan fingerprint density at radius 2 is 1.58 bits per heavy atom. The summed E-state index contributed by atoms with van der Waals surface area (Å²) >= 11 is 10.7. The largest absolute Gasteiger partial charge is 0.206 e. The fourth-order valence-corrected chi connectivity index (χ4v) is 4.26. The first-order chi connectivity index (χ1) is 8.90. The monoisotopic (exact) mass is 448 g/mol. The average molecular weight is 451 g/mol. The second kappa shape index (κ2) is 6.06. The van der Waals surface area contributed by atoms with Gasteiger partial charge in [0.2, 0.25) is 0 Å². The van der Waals surface area contributed by atoms with Crippen molar-refractivity contribution in [2.24, 2.45) is 0 Å². The van der Waals surface area contributed by atoms with Crippen LogP contribution in [0.5, 0.6) is 0 Å². The summed E-state index contributed by atoms with van der Waals surface area (Å²) in [4.78, 5) is 0.0352. The molecule has 0 radical (unpaired) electrons. The highest BCUT2D eigenvalue weighted by molar-refractivity contribution is 9.11. The maximum Gasteiger partial charge on any atom is 0.129 e. The fraction of sp³-hybridized carbons (Fsp3) is 0.200. The maximum absolute atomic E-state index is 13.7. The van der Waals surface area contributed by atoms with Gasteiger partial charge in [-0.05, 0) is 48.2 Å². The molecule has 0 spiro atoms. The molecule has 0 saturated heterocycles. The summed E-state index contributed by atoms with van der Waals surface area (Å²) in [5, 5.41) is 0. The van der Waals surface area contributed by atoms with Crippen molar-refractivity contribution < 1.29 is 4.39 Å². The number of halogens is 4. The number of aryl methyl sites for hydroxylation is 2. The van der Waals surface area contributed by atoms with E-state index in [2.05, 4.69) is 47.8 Å². The summed E-state index contributed by atoms with van der Waals surface area (Å²) in [6, 6.07) is 9.82. The fourth-order valence-electron chi connectivity index (χ4n) is 2.01. The highest BCUT2D eigenvalue weighted by atomic mass is 79.9. The Morgan fingerprint density at radius 1 is 1.00 bits per heavy atom. The Morgan fingerprint density at radius 3 is 2.11 bits per heavy atom. The molecular weight excluding hydrogens is 439 g/mol. The first kappa shape index (κ1) is 15.2. The molecule has 0 amide bonds. The van der Waals surface area contributed by atoms with Crippen molar-refractivity contribution in [3.63, 3.8) is 0 Å². The third-order valence-corrected chi connectivity index (χ3v) is 5.19. The van der Waals surface area contributed by atoms with E-state index >= 15 is 0 Å². The first-order valence-corrected chi connectivity index (χ1v) is 8.26. The lowest BCUT2D eigenvalue weighted by Crippen LogP contribution is -1.98. The molecule has 0 heterocycles. The summed E-state index contributed by atoms with van der Waals surface area (Å²) in [5.74, 6) is -0.127. The first-order valence-electron chi connectivity index (χ1n) is 5.76. The van der Waals surface area contributed by atoms with Crippen LogP contribution in [0.1, 0.15) is 27.1 Å². The molecule has 0 nitrogen and oxygen atoms in total. The molecule has 0 aromatic heterocycles. The molecule has 100 valence electrons. The molecule has 0 aliphatic rings. The lowest BCUT2D eigenvalue weighted by Gasteiger charge is -2.15. The van der Waals surface area contributed by atoms with E-state index in [1.165, 1.54) is 0 Å². The van der Waals surface area contributed by atoms with Crippen molar-refractivity contribution in [3.8, 4) is 0 Å². The van der Waals surface area contributed by atoms with E-state index in [1.807, 2.05) is 30.3 Å². The zero-order valence-electron chi connectivity index (χ0n) is 10.5. The van der Waals surface area contributed by atoms with Crippen LogP contribution in [0.3, 0.4) is 0 Å². The van der Waals surface area contributed by atoms with E-state index in [4.69, 9.17) is 0 Å². The highest BCUT2D eigenvalue weighted by Crippen LogP contribution is 2.37. The summed E-state index contributed by atoms with van der Waals surface area (Å²) in [6.07, 6.45) is 0. The maximum atomic E-state index is 13.7. The SMILES string of the molecule is Cc1cc(C(Br)c2ccc(Br)cc2Br)cc(C)c1F. The minimum absolute atomic E-state index is 0.0352. The third kappa shape index (κ3) is 3.29. The van der Waals surface area contributed by atoms with E-state index in [0.29, 0.717) is 11.1 Å². The van der Waals surface area contributed by atoms with E-state index in [1.54, 1.807) is 13.8 Å². The molecule has 0 bridgehead atoms. The molecule has 2 rings (SSSR count). The molecule has 2 aromatic carbocycles.